The highest BCUT2D eigenvalue weighted by molar-refractivity contribution is 6.71. The summed E-state index contributed by atoms with van der Waals surface area (Å²) in [6.45, 7) is 0. The van der Waals surface area contributed by atoms with Gasteiger partial charge in [-0.15, -0.1) is 0 Å². The fourth-order valence-corrected chi connectivity index (χ4v) is 3.02. The van der Waals surface area contributed by atoms with E-state index in [0.29, 0.717) is 5.57 Å². The second-order valence-corrected chi connectivity index (χ2v) is 7.17. The Kier molecular flexibility index (Phi) is 4.19. The summed E-state index contributed by atoms with van der Waals surface area (Å²) in [5, 5.41) is 0.269. The fraction of sp³-hybridized carbons (Fsp3) is 0.167. The van der Waals surface area contributed by atoms with Crippen LogP contribution in [0.15, 0.2) is 46.5 Å². The number of allylic oxidation sites excluding steroid dienone is 4. The third kappa shape index (κ3) is 2.28. The molecule has 2 rings (SSSR count). The minimum atomic E-state index is -1.70. The van der Waals surface area contributed by atoms with Crippen LogP contribution in [0, 0.1) is 0 Å². The quantitative estimate of drug-likeness (QED) is 0.528. The van der Waals surface area contributed by atoms with Gasteiger partial charge in [-0.2, -0.15) is 0 Å². The zero-order valence-corrected chi connectivity index (χ0v) is 13.3. The number of rotatable bonds is 1. The molecule has 96 valence electrons. The Morgan fingerprint density at radius 1 is 0.778 bits per heavy atom. The number of benzene rings is 1. The topological polar surface area (TPSA) is 0 Å². The smallest absolute Gasteiger partial charge is 0.0915 e. The predicted molar refractivity (Wildman–Crippen MR) is 82.0 cm³/mol. The summed E-state index contributed by atoms with van der Waals surface area (Å²) in [7, 11) is 0. The van der Waals surface area contributed by atoms with Crippen LogP contribution >= 0.6 is 69.6 Å². The first kappa shape index (κ1) is 14.8. The Bertz CT molecular complexity index is 527. The van der Waals surface area contributed by atoms with E-state index in [1.807, 2.05) is 30.3 Å². The predicted octanol–water partition coefficient (Wildman–Crippen LogP) is 6.12. The highest BCUT2D eigenvalue weighted by Gasteiger charge is 2.55. The molecule has 18 heavy (non-hydrogen) atoms. The summed E-state index contributed by atoms with van der Waals surface area (Å²) in [6.07, 6.45) is 1.57. The van der Waals surface area contributed by atoms with Gasteiger partial charge < -0.3 is 0 Å². The second kappa shape index (κ2) is 5.09. The largest absolute Gasteiger partial charge is 0.191 e. The molecule has 0 heterocycles. The first-order valence-electron chi connectivity index (χ1n) is 4.87. The van der Waals surface area contributed by atoms with Crippen molar-refractivity contribution in [3.05, 3.63) is 52.0 Å². The van der Waals surface area contributed by atoms with E-state index in [1.54, 1.807) is 6.08 Å². The first-order chi connectivity index (χ1) is 8.28. The maximum atomic E-state index is 6.20. The molecular weight excluding hydrogens is 357 g/mol. The van der Waals surface area contributed by atoms with Gasteiger partial charge in [-0.1, -0.05) is 99.9 Å². The van der Waals surface area contributed by atoms with Crippen LogP contribution in [0.1, 0.15) is 5.56 Å². The molecule has 0 saturated heterocycles. The van der Waals surface area contributed by atoms with Crippen molar-refractivity contribution in [2.45, 2.75) is 8.67 Å². The third-order valence-electron chi connectivity index (χ3n) is 2.56. The molecule has 1 aliphatic carbocycles. The van der Waals surface area contributed by atoms with Gasteiger partial charge in [0.2, 0.25) is 0 Å². The molecule has 0 nitrogen and oxygen atoms in total. The minimum absolute atomic E-state index is 0.124. The van der Waals surface area contributed by atoms with Gasteiger partial charge in [-0.3, -0.25) is 0 Å². The van der Waals surface area contributed by atoms with E-state index >= 15 is 0 Å². The lowest BCUT2D eigenvalue weighted by molar-refractivity contribution is 0.869. The average Bonchev–Trinajstić information content (AvgIpc) is 2.34. The summed E-state index contributed by atoms with van der Waals surface area (Å²) in [5.41, 5.74) is 1.43. The van der Waals surface area contributed by atoms with Crippen molar-refractivity contribution in [3.63, 3.8) is 0 Å². The fourth-order valence-electron chi connectivity index (χ4n) is 1.57. The van der Waals surface area contributed by atoms with Crippen LogP contribution in [0.3, 0.4) is 0 Å². The Hall–Kier alpha value is 0.440. The van der Waals surface area contributed by atoms with E-state index in [4.69, 9.17) is 69.6 Å². The van der Waals surface area contributed by atoms with Crippen LogP contribution in [-0.2, 0) is 0 Å². The molecule has 0 spiro atoms. The highest BCUT2D eigenvalue weighted by Crippen LogP contribution is 2.58. The normalized spacial score (nSPS) is 21.8. The monoisotopic (exact) mass is 360 g/mol. The number of halogens is 6. The second-order valence-electron chi connectivity index (χ2n) is 3.73. The standard InChI is InChI=1S/C12H6Cl6/c13-9-6-8(7-4-2-1-3-5-7)10(14)12(17,18)11(9,15)16/h1-6H. The van der Waals surface area contributed by atoms with Crippen molar-refractivity contribution in [2.24, 2.45) is 0 Å². The molecule has 0 radical (unpaired) electrons. The molecule has 0 bridgehead atoms. The molecule has 6 heteroatoms. The van der Waals surface area contributed by atoms with Crippen LogP contribution in [-0.4, -0.2) is 8.67 Å². The lowest BCUT2D eigenvalue weighted by atomic mass is 9.98. The van der Waals surface area contributed by atoms with E-state index in [0.717, 1.165) is 5.56 Å². The van der Waals surface area contributed by atoms with Crippen molar-refractivity contribution in [1.29, 1.82) is 0 Å². The Morgan fingerprint density at radius 2 is 1.33 bits per heavy atom. The van der Waals surface area contributed by atoms with Crippen LogP contribution in [0.4, 0.5) is 0 Å². The molecule has 0 unspecified atom stereocenters. The van der Waals surface area contributed by atoms with E-state index in [-0.39, 0.29) is 10.1 Å². The van der Waals surface area contributed by atoms with Crippen LogP contribution in [0.5, 0.6) is 0 Å². The van der Waals surface area contributed by atoms with E-state index in [1.165, 1.54) is 0 Å². The third-order valence-corrected chi connectivity index (χ3v) is 6.13. The SMILES string of the molecule is ClC1=CC(c2ccccc2)=C(Cl)C(Cl)(Cl)C1(Cl)Cl. The molecule has 0 aromatic heterocycles. The highest BCUT2D eigenvalue weighted by atomic mass is 35.5. The molecule has 0 atom stereocenters. The van der Waals surface area contributed by atoms with E-state index in [2.05, 4.69) is 0 Å². The summed E-state index contributed by atoms with van der Waals surface area (Å²) < 4.78 is -3.37. The molecule has 0 saturated carbocycles. The summed E-state index contributed by atoms with van der Waals surface area (Å²) in [4.78, 5) is 0. The maximum Gasteiger partial charge on any atom is 0.191 e. The van der Waals surface area contributed by atoms with Gasteiger partial charge in [0.05, 0.1) is 10.1 Å². The Balaban J connectivity index is 2.63. The molecule has 0 fully saturated rings. The van der Waals surface area contributed by atoms with Gasteiger partial charge in [0.1, 0.15) is 0 Å². The van der Waals surface area contributed by atoms with Crippen molar-refractivity contribution in [3.8, 4) is 0 Å². The van der Waals surface area contributed by atoms with E-state index in [9.17, 15) is 0 Å². The van der Waals surface area contributed by atoms with Gasteiger partial charge in [0.25, 0.3) is 0 Å². The van der Waals surface area contributed by atoms with Crippen LogP contribution < -0.4 is 0 Å². The Labute approximate surface area is 135 Å². The molecule has 0 N–H and O–H groups in total. The number of alkyl halides is 4. The van der Waals surface area contributed by atoms with E-state index < -0.39 is 8.67 Å². The molecule has 1 aromatic rings. The molecule has 1 aliphatic rings. The van der Waals surface area contributed by atoms with Gasteiger partial charge >= 0.3 is 0 Å². The Morgan fingerprint density at radius 3 is 1.89 bits per heavy atom. The summed E-state index contributed by atoms with van der Waals surface area (Å²) in [5.74, 6) is 0. The minimum Gasteiger partial charge on any atom is -0.0915 e. The molecule has 0 aliphatic heterocycles. The zero-order chi connectivity index (χ0) is 13.6. The van der Waals surface area contributed by atoms with Crippen molar-refractivity contribution in [1.82, 2.24) is 0 Å². The van der Waals surface area contributed by atoms with Crippen molar-refractivity contribution >= 4 is 75.2 Å². The zero-order valence-electron chi connectivity index (χ0n) is 8.73. The first-order valence-corrected chi connectivity index (χ1v) is 7.14. The molecule has 1 aromatic carbocycles. The summed E-state index contributed by atoms with van der Waals surface area (Å²) >= 11 is 36.6. The van der Waals surface area contributed by atoms with Crippen LogP contribution in [0.2, 0.25) is 0 Å². The van der Waals surface area contributed by atoms with Gasteiger partial charge in [-0.05, 0) is 11.6 Å². The van der Waals surface area contributed by atoms with Gasteiger partial charge in [0.15, 0.2) is 8.67 Å². The van der Waals surface area contributed by atoms with Crippen molar-refractivity contribution < 1.29 is 0 Å². The average molecular weight is 363 g/mol. The van der Waals surface area contributed by atoms with Gasteiger partial charge in [-0.25, -0.2) is 0 Å². The van der Waals surface area contributed by atoms with Crippen LogP contribution in [0.25, 0.3) is 5.57 Å². The summed E-state index contributed by atoms with van der Waals surface area (Å²) in [6, 6.07) is 9.33. The lowest BCUT2D eigenvalue weighted by Gasteiger charge is -2.36. The molecule has 0 amide bonds. The van der Waals surface area contributed by atoms with Crippen molar-refractivity contribution in [2.75, 3.05) is 0 Å². The van der Waals surface area contributed by atoms with Gasteiger partial charge in [0, 0.05) is 5.57 Å². The molecular formula is C12H6Cl6. The number of hydrogen-bond acceptors (Lipinski definition) is 0. The number of hydrogen-bond donors (Lipinski definition) is 0. The maximum absolute atomic E-state index is 6.20. The lowest BCUT2D eigenvalue weighted by Crippen LogP contribution is -2.39.